The fourth-order valence-corrected chi connectivity index (χ4v) is 6.49. The highest BCUT2D eigenvalue weighted by molar-refractivity contribution is 8.00. The minimum absolute atomic E-state index is 0.134. The summed E-state index contributed by atoms with van der Waals surface area (Å²) in [6, 6.07) is 6.57. The molecule has 5 rings (SSSR count). The fraction of sp³-hybridized carbons (Fsp3) is 0.591. The predicted molar refractivity (Wildman–Crippen MR) is 110 cm³/mol. The molecule has 2 aromatic rings. The van der Waals surface area contributed by atoms with Gasteiger partial charge in [0.05, 0.1) is 6.61 Å². The maximum atomic E-state index is 14.0. The number of hydrogen-bond donors (Lipinski definition) is 0. The first-order valence-electron chi connectivity index (χ1n) is 10.7. The molecule has 3 aliphatic rings. The van der Waals surface area contributed by atoms with Gasteiger partial charge in [0.2, 0.25) is 0 Å². The summed E-state index contributed by atoms with van der Waals surface area (Å²) in [4.78, 5) is 12.0. The highest BCUT2D eigenvalue weighted by atomic mass is 32.2. The van der Waals surface area contributed by atoms with Crippen LogP contribution in [0.25, 0.3) is 0 Å². The lowest BCUT2D eigenvalue weighted by molar-refractivity contribution is -0.137. The number of nitrogens with zero attached hydrogens (tertiary/aromatic N) is 3. The number of thioether (sulfide) groups is 1. The topological polar surface area (TPSA) is 66.2 Å². The number of rotatable bonds is 7. The van der Waals surface area contributed by atoms with E-state index >= 15 is 0 Å². The predicted octanol–water partition coefficient (Wildman–Crippen LogP) is 4.40. The average molecular weight is 432 g/mol. The van der Waals surface area contributed by atoms with Crippen molar-refractivity contribution in [3.8, 4) is 5.75 Å². The van der Waals surface area contributed by atoms with Crippen molar-refractivity contribution in [1.82, 2.24) is 14.8 Å². The Morgan fingerprint density at radius 3 is 2.83 bits per heavy atom. The normalized spacial score (nSPS) is 28.7. The van der Waals surface area contributed by atoms with Crippen molar-refractivity contribution >= 4 is 17.7 Å². The molecule has 0 amide bonds. The summed E-state index contributed by atoms with van der Waals surface area (Å²) in [5.74, 6) is 2.43. The summed E-state index contributed by atoms with van der Waals surface area (Å²) >= 11 is 1.42. The Morgan fingerprint density at radius 2 is 2.13 bits per heavy atom. The monoisotopic (exact) mass is 431 g/mol. The number of carbonyl (C=O) groups is 1. The number of fused-ring (bicyclic) bond motifs is 2. The van der Waals surface area contributed by atoms with Crippen molar-refractivity contribution in [2.24, 2.45) is 17.8 Å². The number of aromatic nitrogens is 3. The number of cyclic esters (lactones) is 1. The van der Waals surface area contributed by atoms with Crippen molar-refractivity contribution in [3.63, 3.8) is 0 Å². The van der Waals surface area contributed by atoms with Gasteiger partial charge in [-0.1, -0.05) is 30.3 Å². The molecule has 0 unspecified atom stereocenters. The van der Waals surface area contributed by atoms with Crippen LogP contribution in [0, 0.1) is 23.6 Å². The quantitative estimate of drug-likeness (QED) is 0.606. The van der Waals surface area contributed by atoms with E-state index in [9.17, 15) is 9.18 Å². The van der Waals surface area contributed by atoms with Crippen LogP contribution in [-0.4, -0.2) is 32.6 Å². The Bertz CT molecular complexity index is 936. The van der Waals surface area contributed by atoms with Crippen LogP contribution in [0.15, 0.2) is 29.4 Å². The van der Waals surface area contributed by atoms with Gasteiger partial charge in [0.15, 0.2) is 22.5 Å². The van der Waals surface area contributed by atoms with E-state index in [0.29, 0.717) is 24.8 Å². The van der Waals surface area contributed by atoms with E-state index in [4.69, 9.17) is 9.47 Å². The van der Waals surface area contributed by atoms with E-state index in [1.54, 1.807) is 18.2 Å². The van der Waals surface area contributed by atoms with Gasteiger partial charge in [0.1, 0.15) is 11.9 Å². The summed E-state index contributed by atoms with van der Waals surface area (Å²) in [6.07, 6.45) is 5.86. The van der Waals surface area contributed by atoms with Crippen molar-refractivity contribution in [1.29, 1.82) is 0 Å². The number of hydrogen-bond acceptors (Lipinski definition) is 6. The summed E-state index contributed by atoms with van der Waals surface area (Å²) in [6.45, 7) is 2.81. The van der Waals surface area contributed by atoms with Crippen molar-refractivity contribution in [2.45, 2.75) is 62.1 Å². The second-order valence-corrected chi connectivity index (χ2v) is 9.80. The zero-order chi connectivity index (χ0) is 20.7. The fourth-order valence-electron chi connectivity index (χ4n) is 5.39. The Morgan fingerprint density at radius 1 is 1.27 bits per heavy atom. The molecule has 0 N–H and O–H groups in total. The highest BCUT2D eigenvalue weighted by Gasteiger charge is 2.43. The maximum absolute atomic E-state index is 14.0. The third-order valence-corrected chi connectivity index (χ3v) is 8.09. The van der Waals surface area contributed by atoms with E-state index in [2.05, 4.69) is 21.7 Å². The Kier molecular flexibility index (Phi) is 5.43. The van der Waals surface area contributed by atoms with Gasteiger partial charge in [0, 0.05) is 12.5 Å². The zero-order valence-corrected chi connectivity index (χ0v) is 17.8. The largest absolute Gasteiger partial charge is 0.483 e. The first-order valence-corrected chi connectivity index (χ1v) is 11.6. The summed E-state index contributed by atoms with van der Waals surface area (Å²) in [5, 5.41) is 9.25. The lowest BCUT2D eigenvalue weighted by Gasteiger charge is -2.30. The van der Waals surface area contributed by atoms with E-state index in [1.807, 2.05) is 0 Å². The molecule has 2 saturated carbocycles. The van der Waals surface area contributed by atoms with Crippen molar-refractivity contribution < 1.29 is 18.7 Å². The van der Waals surface area contributed by atoms with Gasteiger partial charge >= 0.3 is 5.97 Å². The van der Waals surface area contributed by atoms with Gasteiger partial charge < -0.3 is 9.47 Å². The van der Waals surface area contributed by atoms with E-state index in [0.717, 1.165) is 17.0 Å². The second-order valence-electron chi connectivity index (χ2n) is 8.63. The van der Waals surface area contributed by atoms with Gasteiger partial charge in [-0.25, -0.2) is 4.39 Å². The lowest BCUT2D eigenvalue weighted by Crippen LogP contribution is -2.25. The van der Waals surface area contributed by atoms with Crippen LogP contribution in [-0.2, 0) is 16.1 Å². The molecule has 1 aromatic heterocycles. The van der Waals surface area contributed by atoms with Crippen LogP contribution in [0.5, 0.6) is 5.75 Å². The number of para-hydroxylation sites is 1. The van der Waals surface area contributed by atoms with E-state index < -0.39 is 5.82 Å². The van der Waals surface area contributed by atoms with Crippen LogP contribution in [0.1, 0.15) is 50.9 Å². The molecule has 1 saturated heterocycles. The smallest absolute Gasteiger partial charge is 0.319 e. The number of halogens is 1. The summed E-state index contributed by atoms with van der Waals surface area (Å²) in [7, 11) is 0. The molecule has 160 valence electrons. The Labute approximate surface area is 179 Å². The van der Waals surface area contributed by atoms with Crippen molar-refractivity contribution in [2.75, 3.05) is 6.61 Å². The van der Waals surface area contributed by atoms with Gasteiger partial charge in [0.25, 0.3) is 0 Å². The molecule has 2 heterocycles. The molecule has 8 heteroatoms. The minimum atomic E-state index is -0.395. The zero-order valence-electron chi connectivity index (χ0n) is 17.0. The van der Waals surface area contributed by atoms with Crippen LogP contribution in [0.3, 0.4) is 0 Å². The Balaban J connectivity index is 1.41. The third kappa shape index (κ3) is 3.70. The molecule has 2 bridgehead atoms. The molecule has 2 aliphatic carbocycles. The van der Waals surface area contributed by atoms with Crippen molar-refractivity contribution in [3.05, 3.63) is 35.9 Å². The van der Waals surface area contributed by atoms with Gasteiger partial charge in [-0.05, 0) is 56.1 Å². The standard InChI is InChI=1S/C22H26FN3O3S/c1-13(16-11-14-6-7-15(16)10-14)26-20(12-29-18-5-3-2-4-17(18)23)24-25-22(26)30-19-8-9-28-21(19)27/h2-5,13-16,19H,6-12H2,1H3/t13-,14+,15+,16-,19+/m1/s1. The SMILES string of the molecule is C[C@H]([C@H]1C[C@H]2CC[C@H]1C2)n1c(COc2ccccc2F)nnc1S[C@H]1CCOC1=O. The van der Waals surface area contributed by atoms with E-state index in [1.165, 1.54) is 43.5 Å². The first kappa shape index (κ1) is 19.8. The molecule has 0 spiro atoms. The second kappa shape index (κ2) is 8.21. The van der Waals surface area contributed by atoms with E-state index in [-0.39, 0.29) is 29.6 Å². The molecule has 30 heavy (non-hydrogen) atoms. The highest BCUT2D eigenvalue weighted by Crippen LogP contribution is 2.52. The average Bonchev–Trinajstić information content (AvgIpc) is 3.53. The van der Waals surface area contributed by atoms with Gasteiger partial charge in [-0.3, -0.25) is 9.36 Å². The molecular weight excluding hydrogens is 405 g/mol. The molecule has 5 atom stereocenters. The van der Waals surface area contributed by atoms with Crippen LogP contribution in [0.4, 0.5) is 4.39 Å². The van der Waals surface area contributed by atoms with Gasteiger partial charge in [-0.15, -0.1) is 10.2 Å². The number of carbonyl (C=O) groups excluding carboxylic acids is 1. The maximum Gasteiger partial charge on any atom is 0.319 e. The Hall–Kier alpha value is -2.09. The van der Waals surface area contributed by atoms with Gasteiger partial charge in [-0.2, -0.15) is 0 Å². The lowest BCUT2D eigenvalue weighted by atomic mass is 9.84. The number of benzene rings is 1. The van der Waals surface area contributed by atoms with Crippen LogP contribution in [0.2, 0.25) is 0 Å². The third-order valence-electron chi connectivity index (χ3n) is 6.88. The molecule has 1 aromatic carbocycles. The number of esters is 1. The molecule has 3 fully saturated rings. The van der Waals surface area contributed by atoms with Crippen LogP contribution >= 0.6 is 11.8 Å². The molecule has 0 radical (unpaired) electrons. The minimum Gasteiger partial charge on any atom is -0.483 e. The van der Waals surface area contributed by atoms with Crippen LogP contribution < -0.4 is 4.74 Å². The molecule has 6 nitrogen and oxygen atoms in total. The first-order chi connectivity index (χ1) is 14.6. The summed E-state index contributed by atoms with van der Waals surface area (Å²) < 4.78 is 27.0. The molecular formula is C22H26FN3O3S. The molecule has 1 aliphatic heterocycles. The summed E-state index contributed by atoms with van der Waals surface area (Å²) in [5.41, 5.74) is 0. The number of ether oxygens (including phenoxy) is 2.